The molecule has 1 aliphatic heterocycles. The van der Waals surface area contributed by atoms with Crippen molar-refractivity contribution in [3.05, 3.63) is 77.4 Å². The minimum atomic E-state index is -0.909. The lowest BCUT2D eigenvalue weighted by molar-refractivity contribution is -0.141. The normalized spacial score (nSPS) is 13.5. The molecule has 0 aliphatic carbocycles. The number of nitrogens with one attached hydrogen (secondary N) is 1. The summed E-state index contributed by atoms with van der Waals surface area (Å²) in [6.45, 7) is 0.783. The van der Waals surface area contributed by atoms with Crippen LogP contribution in [0.2, 0.25) is 0 Å². The fourth-order valence-electron chi connectivity index (χ4n) is 3.82. The van der Waals surface area contributed by atoms with Gasteiger partial charge < -0.3 is 15.2 Å². The third kappa shape index (κ3) is 4.40. The minimum Gasteiger partial charge on any atom is -0.493 e. The lowest BCUT2D eigenvalue weighted by Gasteiger charge is -2.15. The van der Waals surface area contributed by atoms with Gasteiger partial charge in [0, 0.05) is 13.0 Å². The highest BCUT2D eigenvalue weighted by atomic mass is 16.5. The Labute approximate surface area is 169 Å². The molecule has 0 fully saturated rings. The number of fused-ring (bicyclic) bond motifs is 2. The zero-order chi connectivity index (χ0) is 20.2. The second-order valence-electron chi connectivity index (χ2n) is 7.40. The van der Waals surface area contributed by atoms with Gasteiger partial charge in [0.2, 0.25) is 5.91 Å². The summed E-state index contributed by atoms with van der Waals surface area (Å²) in [6.07, 6.45) is 1.46. The summed E-state index contributed by atoms with van der Waals surface area (Å²) >= 11 is 0. The maximum atomic E-state index is 12.4. The third-order valence-corrected chi connectivity index (χ3v) is 5.36. The Morgan fingerprint density at radius 2 is 1.90 bits per heavy atom. The highest BCUT2D eigenvalue weighted by Crippen LogP contribution is 2.26. The molecule has 0 saturated heterocycles. The van der Waals surface area contributed by atoms with Crippen LogP contribution in [0.4, 0.5) is 0 Å². The fraction of sp³-hybridized carbons (Fsp3) is 0.250. The number of carbonyl (C=O) groups excluding carboxylic acids is 1. The van der Waals surface area contributed by atoms with Crippen molar-refractivity contribution in [2.45, 2.75) is 19.3 Å². The monoisotopic (exact) mass is 389 g/mol. The number of carboxylic acids is 1. The maximum absolute atomic E-state index is 12.4. The van der Waals surface area contributed by atoms with Crippen molar-refractivity contribution < 1.29 is 19.4 Å². The molecule has 0 aromatic heterocycles. The second-order valence-corrected chi connectivity index (χ2v) is 7.40. The largest absolute Gasteiger partial charge is 0.493 e. The van der Waals surface area contributed by atoms with Crippen molar-refractivity contribution >= 4 is 22.6 Å². The predicted octanol–water partition coefficient (Wildman–Crippen LogP) is 3.38. The molecule has 3 aromatic carbocycles. The Kier molecular flexibility index (Phi) is 5.47. The molecule has 148 valence electrons. The first-order chi connectivity index (χ1) is 14.1. The molecule has 5 heteroatoms. The van der Waals surface area contributed by atoms with E-state index in [0.717, 1.165) is 39.6 Å². The number of carboxylic acid groups (broad SMARTS) is 1. The van der Waals surface area contributed by atoms with Gasteiger partial charge in [0.25, 0.3) is 0 Å². The smallest absolute Gasteiger partial charge is 0.308 e. The number of hydrogen-bond acceptors (Lipinski definition) is 3. The number of ether oxygens (including phenoxy) is 1. The van der Waals surface area contributed by atoms with E-state index in [0.29, 0.717) is 13.0 Å². The van der Waals surface area contributed by atoms with Crippen LogP contribution in [0, 0.1) is 5.92 Å². The van der Waals surface area contributed by atoms with Crippen LogP contribution in [0.15, 0.2) is 60.7 Å². The summed E-state index contributed by atoms with van der Waals surface area (Å²) in [6, 6.07) is 19.6. The van der Waals surface area contributed by atoms with E-state index in [1.807, 2.05) is 60.7 Å². The Hall–Kier alpha value is -3.34. The standard InChI is InChI=1S/C24H23NO4/c26-23(13-16-8-9-22-19(12-16)10-11-29-22)25-15-20(24(27)28)14-18-6-3-5-17-4-1-2-7-21(17)18/h1-9,12,20H,10-11,13-15H2,(H,25,26)(H,27,28). The van der Waals surface area contributed by atoms with Gasteiger partial charge in [-0.3, -0.25) is 9.59 Å². The predicted molar refractivity (Wildman–Crippen MR) is 111 cm³/mol. The van der Waals surface area contributed by atoms with E-state index in [-0.39, 0.29) is 18.9 Å². The quantitative estimate of drug-likeness (QED) is 0.650. The third-order valence-electron chi connectivity index (χ3n) is 5.36. The van der Waals surface area contributed by atoms with Gasteiger partial charge in [0.1, 0.15) is 5.75 Å². The van der Waals surface area contributed by atoms with E-state index < -0.39 is 11.9 Å². The molecule has 0 spiro atoms. The van der Waals surface area contributed by atoms with Crippen LogP contribution < -0.4 is 10.1 Å². The number of benzene rings is 3. The van der Waals surface area contributed by atoms with Crippen molar-refractivity contribution in [2.75, 3.05) is 13.2 Å². The topological polar surface area (TPSA) is 75.6 Å². The van der Waals surface area contributed by atoms with Crippen LogP contribution >= 0.6 is 0 Å². The summed E-state index contributed by atoms with van der Waals surface area (Å²) in [5.41, 5.74) is 3.01. The molecular weight excluding hydrogens is 366 g/mol. The molecule has 2 N–H and O–H groups in total. The molecular formula is C24H23NO4. The molecule has 4 rings (SSSR count). The minimum absolute atomic E-state index is 0.103. The Morgan fingerprint density at radius 1 is 1.07 bits per heavy atom. The summed E-state index contributed by atoms with van der Waals surface area (Å²) in [5, 5.41) is 14.6. The number of aliphatic carboxylic acids is 1. The molecule has 0 saturated carbocycles. The second kappa shape index (κ2) is 8.35. The summed E-state index contributed by atoms with van der Waals surface area (Å²) in [5.74, 6) is -0.880. The Bertz CT molecular complexity index is 1050. The lowest BCUT2D eigenvalue weighted by atomic mass is 9.94. The van der Waals surface area contributed by atoms with Gasteiger partial charge >= 0.3 is 5.97 Å². The summed E-state index contributed by atoms with van der Waals surface area (Å²) in [4.78, 5) is 24.1. The molecule has 3 aromatic rings. The molecule has 1 amide bonds. The maximum Gasteiger partial charge on any atom is 0.308 e. The average molecular weight is 389 g/mol. The molecule has 1 aliphatic rings. The zero-order valence-electron chi connectivity index (χ0n) is 16.1. The van der Waals surface area contributed by atoms with Crippen molar-refractivity contribution in [3.63, 3.8) is 0 Å². The van der Waals surface area contributed by atoms with E-state index in [2.05, 4.69) is 5.32 Å². The van der Waals surface area contributed by atoms with Gasteiger partial charge in [-0.2, -0.15) is 0 Å². The molecule has 29 heavy (non-hydrogen) atoms. The van der Waals surface area contributed by atoms with E-state index in [9.17, 15) is 14.7 Å². The van der Waals surface area contributed by atoms with Crippen molar-refractivity contribution in [2.24, 2.45) is 5.92 Å². The first-order valence-corrected chi connectivity index (χ1v) is 9.81. The van der Waals surface area contributed by atoms with Gasteiger partial charge in [0.05, 0.1) is 18.9 Å². The number of hydrogen-bond donors (Lipinski definition) is 2. The van der Waals surface area contributed by atoms with Crippen LogP contribution in [-0.2, 0) is 28.9 Å². The van der Waals surface area contributed by atoms with E-state index >= 15 is 0 Å². The van der Waals surface area contributed by atoms with Crippen molar-refractivity contribution in [3.8, 4) is 5.75 Å². The highest BCUT2D eigenvalue weighted by Gasteiger charge is 2.20. The van der Waals surface area contributed by atoms with E-state index in [1.54, 1.807) is 0 Å². The lowest BCUT2D eigenvalue weighted by Crippen LogP contribution is -2.35. The van der Waals surface area contributed by atoms with Gasteiger partial charge in [-0.1, -0.05) is 54.6 Å². The summed E-state index contributed by atoms with van der Waals surface area (Å²) < 4.78 is 5.49. The van der Waals surface area contributed by atoms with E-state index in [4.69, 9.17) is 4.74 Å². The molecule has 1 unspecified atom stereocenters. The number of carbonyl (C=O) groups is 2. The number of rotatable bonds is 7. The van der Waals surface area contributed by atoms with Crippen LogP contribution in [0.5, 0.6) is 5.75 Å². The van der Waals surface area contributed by atoms with Gasteiger partial charge in [-0.15, -0.1) is 0 Å². The first kappa shape index (κ1) is 19.0. The number of amides is 1. The van der Waals surface area contributed by atoms with Crippen molar-refractivity contribution in [1.82, 2.24) is 5.32 Å². The first-order valence-electron chi connectivity index (χ1n) is 9.81. The Morgan fingerprint density at radius 3 is 2.76 bits per heavy atom. The van der Waals surface area contributed by atoms with Crippen LogP contribution in [0.3, 0.4) is 0 Å². The molecule has 0 bridgehead atoms. The SMILES string of the molecule is O=C(Cc1ccc2c(c1)CCO2)NCC(Cc1cccc2ccccc12)C(=O)O. The Balaban J connectivity index is 1.39. The highest BCUT2D eigenvalue weighted by molar-refractivity contribution is 5.86. The van der Waals surface area contributed by atoms with Crippen LogP contribution in [-0.4, -0.2) is 30.1 Å². The van der Waals surface area contributed by atoms with E-state index in [1.165, 1.54) is 0 Å². The molecule has 5 nitrogen and oxygen atoms in total. The molecule has 0 radical (unpaired) electrons. The van der Waals surface area contributed by atoms with Crippen LogP contribution in [0.25, 0.3) is 10.8 Å². The van der Waals surface area contributed by atoms with Gasteiger partial charge in [0.15, 0.2) is 0 Å². The molecule has 1 heterocycles. The van der Waals surface area contributed by atoms with Gasteiger partial charge in [-0.05, 0) is 39.9 Å². The van der Waals surface area contributed by atoms with Crippen molar-refractivity contribution in [1.29, 1.82) is 0 Å². The summed E-state index contributed by atoms with van der Waals surface area (Å²) in [7, 11) is 0. The average Bonchev–Trinajstić information content (AvgIpc) is 3.19. The molecule has 1 atom stereocenters. The van der Waals surface area contributed by atoms with Gasteiger partial charge in [-0.25, -0.2) is 0 Å². The fourth-order valence-corrected chi connectivity index (χ4v) is 3.82. The zero-order valence-corrected chi connectivity index (χ0v) is 16.1. The van der Waals surface area contributed by atoms with Crippen LogP contribution in [0.1, 0.15) is 16.7 Å².